The van der Waals surface area contributed by atoms with Crippen molar-refractivity contribution in [3.05, 3.63) is 48.0 Å². The lowest BCUT2D eigenvalue weighted by molar-refractivity contribution is 0.121. The first-order valence-corrected chi connectivity index (χ1v) is 8.80. The van der Waals surface area contributed by atoms with Crippen molar-refractivity contribution in [2.45, 2.75) is 13.0 Å². The summed E-state index contributed by atoms with van der Waals surface area (Å²) in [7, 11) is 0. The van der Waals surface area contributed by atoms with E-state index in [1.807, 2.05) is 12.1 Å². The monoisotopic (exact) mass is 341 g/mol. The van der Waals surface area contributed by atoms with E-state index in [0.717, 1.165) is 56.5 Å². The standard InChI is InChI=1S/C19H23N3O3/c1-2-18-19(25-8-7-24-18)10-15(1)11-22-5-6-23-13-16(12-22)9-17-3-4-20-14-21-17/h1-4,10,14,16H,5-9,11-13H2/t16-/m0/s1. The van der Waals surface area contributed by atoms with Gasteiger partial charge in [0.2, 0.25) is 0 Å². The van der Waals surface area contributed by atoms with Gasteiger partial charge in [-0.3, -0.25) is 4.90 Å². The maximum absolute atomic E-state index is 5.81. The second-order valence-corrected chi connectivity index (χ2v) is 6.56. The van der Waals surface area contributed by atoms with Crippen LogP contribution in [0.3, 0.4) is 0 Å². The second-order valence-electron chi connectivity index (χ2n) is 6.56. The fourth-order valence-electron chi connectivity index (χ4n) is 3.40. The van der Waals surface area contributed by atoms with E-state index in [1.54, 1.807) is 12.5 Å². The van der Waals surface area contributed by atoms with Crippen LogP contribution in [0.1, 0.15) is 11.3 Å². The van der Waals surface area contributed by atoms with Crippen LogP contribution in [0.15, 0.2) is 36.8 Å². The molecule has 1 atom stereocenters. The predicted octanol–water partition coefficient (Wildman–Crippen LogP) is 1.94. The molecule has 25 heavy (non-hydrogen) atoms. The Labute approximate surface area is 147 Å². The number of aromatic nitrogens is 2. The Morgan fingerprint density at radius 2 is 2.00 bits per heavy atom. The van der Waals surface area contributed by atoms with Crippen LogP contribution < -0.4 is 9.47 Å². The van der Waals surface area contributed by atoms with Gasteiger partial charge in [-0.2, -0.15) is 0 Å². The molecule has 0 radical (unpaired) electrons. The lowest BCUT2D eigenvalue weighted by Gasteiger charge is -2.24. The van der Waals surface area contributed by atoms with Crippen molar-refractivity contribution in [3.63, 3.8) is 0 Å². The highest BCUT2D eigenvalue weighted by Crippen LogP contribution is 2.31. The molecule has 0 unspecified atom stereocenters. The lowest BCUT2D eigenvalue weighted by atomic mass is 10.0. The first kappa shape index (κ1) is 16.3. The first-order valence-electron chi connectivity index (χ1n) is 8.80. The number of hydrogen-bond donors (Lipinski definition) is 0. The fraction of sp³-hybridized carbons (Fsp3) is 0.474. The summed E-state index contributed by atoms with van der Waals surface area (Å²) in [6.07, 6.45) is 4.33. The molecule has 2 aliphatic heterocycles. The molecule has 3 heterocycles. The molecule has 1 aromatic carbocycles. The van der Waals surface area contributed by atoms with Crippen molar-refractivity contribution in [2.24, 2.45) is 5.92 Å². The van der Waals surface area contributed by atoms with E-state index < -0.39 is 0 Å². The zero-order valence-electron chi connectivity index (χ0n) is 14.3. The summed E-state index contributed by atoms with van der Waals surface area (Å²) in [6.45, 7) is 5.62. The van der Waals surface area contributed by atoms with E-state index >= 15 is 0 Å². The van der Waals surface area contributed by atoms with Crippen LogP contribution >= 0.6 is 0 Å². The van der Waals surface area contributed by atoms with Gasteiger partial charge in [-0.05, 0) is 30.2 Å². The molecule has 0 bridgehead atoms. The molecule has 1 saturated heterocycles. The quantitative estimate of drug-likeness (QED) is 0.847. The summed E-state index contributed by atoms with van der Waals surface area (Å²) in [4.78, 5) is 10.8. The lowest BCUT2D eigenvalue weighted by Crippen LogP contribution is -2.30. The molecule has 0 N–H and O–H groups in total. The van der Waals surface area contributed by atoms with E-state index in [0.29, 0.717) is 19.1 Å². The molecule has 6 nitrogen and oxygen atoms in total. The zero-order valence-corrected chi connectivity index (χ0v) is 14.3. The highest BCUT2D eigenvalue weighted by molar-refractivity contribution is 5.43. The molecular weight excluding hydrogens is 318 g/mol. The minimum Gasteiger partial charge on any atom is -0.486 e. The molecule has 0 saturated carbocycles. The van der Waals surface area contributed by atoms with Crippen LogP contribution in [0, 0.1) is 5.92 Å². The number of ether oxygens (including phenoxy) is 3. The Morgan fingerprint density at radius 1 is 1.08 bits per heavy atom. The maximum atomic E-state index is 5.81. The Bertz CT molecular complexity index is 696. The van der Waals surface area contributed by atoms with Crippen LogP contribution in [0.4, 0.5) is 0 Å². The molecule has 1 aromatic heterocycles. The summed E-state index contributed by atoms with van der Waals surface area (Å²) >= 11 is 0. The van der Waals surface area contributed by atoms with Crippen molar-refractivity contribution in [1.29, 1.82) is 0 Å². The van der Waals surface area contributed by atoms with E-state index in [4.69, 9.17) is 14.2 Å². The van der Waals surface area contributed by atoms with Gasteiger partial charge in [-0.15, -0.1) is 0 Å². The third kappa shape index (κ3) is 4.27. The SMILES string of the molecule is c1cc(C[C@@H]2COCCN(Cc3ccc4c(c3)OCCO4)C2)ncn1. The van der Waals surface area contributed by atoms with E-state index in [2.05, 4.69) is 27.0 Å². The second kappa shape index (κ2) is 7.80. The van der Waals surface area contributed by atoms with Crippen molar-refractivity contribution >= 4 is 0 Å². The van der Waals surface area contributed by atoms with E-state index in [-0.39, 0.29) is 0 Å². The smallest absolute Gasteiger partial charge is 0.161 e. The van der Waals surface area contributed by atoms with E-state index in [1.165, 1.54) is 5.56 Å². The van der Waals surface area contributed by atoms with Gasteiger partial charge in [0.1, 0.15) is 19.5 Å². The minimum atomic E-state index is 0.439. The molecule has 0 aliphatic carbocycles. The van der Waals surface area contributed by atoms with Crippen LogP contribution in [-0.4, -0.2) is 54.4 Å². The van der Waals surface area contributed by atoms with Gasteiger partial charge in [0.25, 0.3) is 0 Å². The Hall–Kier alpha value is -2.18. The number of rotatable bonds is 4. The van der Waals surface area contributed by atoms with Gasteiger partial charge < -0.3 is 14.2 Å². The number of fused-ring (bicyclic) bond motifs is 1. The molecule has 0 amide bonds. The first-order chi connectivity index (χ1) is 12.4. The molecule has 2 aromatic rings. The molecular formula is C19H23N3O3. The number of hydrogen-bond acceptors (Lipinski definition) is 6. The Balaban J connectivity index is 1.41. The van der Waals surface area contributed by atoms with Crippen LogP contribution in [0.5, 0.6) is 11.5 Å². The average molecular weight is 341 g/mol. The highest BCUT2D eigenvalue weighted by Gasteiger charge is 2.20. The Morgan fingerprint density at radius 3 is 2.88 bits per heavy atom. The number of nitrogens with zero attached hydrogens (tertiary/aromatic N) is 3. The molecule has 0 spiro atoms. The fourth-order valence-corrected chi connectivity index (χ4v) is 3.40. The van der Waals surface area contributed by atoms with Gasteiger partial charge in [0, 0.05) is 37.4 Å². The predicted molar refractivity (Wildman–Crippen MR) is 92.8 cm³/mol. The molecule has 2 aliphatic rings. The molecule has 132 valence electrons. The van der Waals surface area contributed by atoms with Gasteiger partial charge in [-0.1, -0.05) is 6.07 Å². The molecule has 6 heteroatoms. The van der Waals surface area contributed by atoms with Gasteiger partial charge >= 0.3 is 0 Å². The van der Waals surface area contributed by atoms with Crippen molar-refractivity contribution < 1.29 is 14.2 Å². The largest absolute Gasteiger partial charge is 0.486 e. The average Bonchev–Trinajstić information content (AvgIpc) is 2.87. The van der Waals surface area contributed by atoms with Crippen LogP contribution in [0.25, 0.3) is 0 Å². The van der Waals surface area contributed by atoms with Crippen molar-refractivity contribution in [2.75, 3.05) is 39.5 Å². The number of benzene rings is 1. The molecule has 4 rings (SSSR count). The summed E-state index contributed by atoms with van der Waals surface area (Å²) in [5, 5.41) is 0. The Kier molecular flexibility index (Phi) is 5.09. The molecule has 1 fully saturated rings. The third-order valence-corrected chi connectivity index (χ3v) is 4.58. The van der Waals surface area contributed by atoms with Crippen molar-refractivity contribution in [3.8, 4) is 11.5 Å². The summed E-state index contributed by atoms with van der Waals surface area (Å²) in [6, 6.07) is 8.21. The minimum absolute atomic E-state index is 0.439. The van der Waals surface area contributed by atoms with Crippen LogP contribution in [0.2, 0.25) is 0 Å². The van der Waals surface area contributed by atoms with Crippen LogP contribution in [-0.2, 0) is 17.7 Å². The van der Waals surface area contributed by atoms with Gasteiger partial charge in [-0.25, -0.2) is 9.97 Å². The maximum Gasteiger partial charge on any atom is 0.161 e. The summed E-state index contributed by atoms with van der Waals surface area (Å²) in [5.41, 5.74) is 2.32. The zero-order chi connectivity index (χ0) is 16.9. The van der Waals surface area contributed by atoms with E-state index in [9.17, 15) is 0 Å². The topological polar surface area (TPSA) is 56.7 Å². The summed E-state index contributed by atoms with van der Waals surface area (Å²) in [5.74, 6) is 2.14. The van der Waals surface area contributed by atoms with Gasteiger partial charge in [0.05, 0.1) is 13.2 Å². The third-order valence-electron chi connectivity index (χ3n) is 4.58. The highest BCUT2D eigenvalue weighted by atomic mass is 16.6. The van der Waals surface area contributed by atoms with Gasteiger partial charge in [0.15, 0.2) is 11.5 Å². The summed E-state index contributed by atoms with van der Waals surface area (Å²) < 4.78 is 17.1. The van der Waals surface area contributed by atoms with Crippen molar-refractivity contribution in [1.82, 2.24) is 14.9 Å². The normalized spacial score (nSPS) is 20.9.